The topological polar surface area (TPSA) is 136 Å². The highest BCUT2D eigenvalue weighted by molar-refractivity contribution is 5.96. The number of aromatic hydroxyl groups is 2. The molecule has 1 amide bonds. The van der Waals surface area contributed by atoms with E-state index in [1.807, 2.05) is 0 Å². The summed E-state index contributed by atoms with van der Waals surface area (Å²) in [5.74, 6) is -2.43. The molecule has 8 nitrogen and oxygen atoms in total. The lowest BCUT2D eigenvalue weighted by Crippen LogP contribution is -2.42. The first-order chi connectivity index (χ1) is 9.97. The Kier molecular flexibility index (Phi) is 4.07. The van der Waals surface area contributed by atoms with Gasteiger partial charge in [0.05, 0.1) is 11.8 Å². The number of aromatic nitrogens is 2. The first-order valence-corrected chi connectivity index (χ1v) is 6.00. The van der Waals surface area contributed by atoms with Gasteiger partial charge in [-0.05, 0) is 17.7 Å². The van der Waals surface area contributed by atoms with Crippen LogP contribution in [0.2, 0.25) is 0 Å². The lowest BCUT2D eigenvalue weighted by atomic mass is 10.0. The molecule has 0 saturated carbocycles. The summed E-state index contributed by atoms with van der Waals surface area (Å²) in [6.45, 7) is 0. The van der Waals surface area contributed by atoms with Crippen molar-refractivity contribution in [2.45, 2.75) is 12.5 Å². The second-order valence-electron chi connectivity index (χ2n) is 4.38. The van der Waals surface area contributed by atoms with Crippen LogP contribution in [-0.2, 0) is 11.2 Å². The Balaban J connectivity index is 2.10. The number of nitrogens with one attached hydrogen (secondary N) is 2. The second-order valence-corrected chi connectivity index (χ2v) is 4.38. The van der Waals surface area contributed by atoms with E-state index in [9.17, 15) is 19.8 Å². The van der Waals surface area contributed by atoms with Crippen LogP contribution in [-0.4, -0.2) is 43.4 Å². The summed E-state index contributed by atoms with van der Waals surface area (Å²) in [6, 6.07) is 2.79. The molecule has 0 radical (unpaired) electrons. The first kappa shape index (κ1) is 14.4. The molecule has 1 aromatic carbocycles. The molecular weight excluding hydrogens is 278 g/mol. The van der Waals surface area contributed by atoms with Crippen LogP contribution in [0.5, 0.6) is 11.5 Å². The number of carbonyl (C=O) groups excluding carboxylic acids is 1. The molecule has 110 valence electrons. The molecule has 0 saturated heterocycles. The normalized spacial score (nSPS) is 11.8. The molecule has 0 fully saturated rings. The maximum absolute atomic E-state index is 11.8. The van der Waals surface area contributed by atoms with E-state index in [2.05, 4.69) is 15.5 Å². The predicted octanol–water partition coefficient (Wildman–Crippen LogP) is 0.247. The molecule has 0 unspecified atom stereocenters. The van der Waals surface area contributed by atoms with Crippen molar-refractivity contribution in [2.75, 3.05) is 0 Å². The van der Waals surface area contributed by atoms with Gasteiger partial charge in [-0.25, -0.2) is 4.79 Å². The van der Waals surface area contributed by atoms with Gasteiger partial charge in [0.15, 0.2) is 11.5 Å². The fraction of sp³-hybridized carbons (Fsp3) is 0.154. The number of carboxylic acid groups (broad SMARTS) is 1. The number of aliphatic carboxylic acids is 1. The number of phenolic OH excluding ortho intramolecular Hbond substituents is 2. The van der Waals surface area contributed by atoms with Crippen LogP contribution in [0, 0.1) is 0 Å². The Bertz CT molecular complexity index is 654. The highest BCUT2D eigenvalue weighted by Crippen LogP contribution is 2.25. The minimum Gasteiger partial charge on any atom is -0.504 e. The van der Waals surface area contributed by atoms with Crippen molar-refractivity contribution in [3.63, 3.8) is 0 Å². The van der Waals surface area contributed by atoms with Crippen LogP contribution in [0.15, 0.2) is 30.6 Å². The Morgan fingerprint density at radius 3 is 2.62 bits per heavy atom. The number of aromatic amines is 1. The third-order valence-corrected chi connectivity index (χ3v) is 2.84. The maximum atomic E-state index is 11.8. The van der Waals surface area contributed by atoms with Gasteiger partial charge in [0.1, 0.15) is 6.04 Å². The molecule has 2 aromatic rings. The van der Waals surface area contributed by atoms with Crippen molar-refractivity contribution in [1.29, 1.82) is 0 Å². The zero-order valence-electron chi connectivity index (χ0n) is 10.8. The number of hydrogen-bond acceptors (Lipinski definition) is 5. The minimum atomic E-state index is -1.21. The van der Waals surface area contributed by atoms with Gasteiger partial charge in [-0.3, -0.25) is 9.89 Å². The van der Waals surface area contributed by atoms with Crippen molar-refractivity contribution in [3.05, 3.63) is 41.7 Å². The number of phenols is 2. The average molecular weight is 291 g/mol. The summed E-state index contributed by atoms with van der Waals surface area (Å²) in [5.41, 5.74) is 0.681. The molecule has 0 bridgehead atoms. The Morgan fingerprint density at radius 2 is 2.05 bits per heavy atom. The minimum absolute atomic E-state index is 0.0350. The Morgan fingerprint density at radius 1 is 1.29 bits per heavy atom. The van der Waals surface area contributed by atoms with Crippen molar-refractivity contribution < 1.29 is 24.9 Å². The van der Waals surface area contributed by atoms with Gasteiger partial charge in [0.25, 0.3) is 5.91 Å². The lowest BCUT2D eigenvalue weighted by molar-refractivity contribution is -0.139. The molecule has 0 spiro atoms. The monoisotopic (exact) mass is 291 g/mol. The highest BCUT2D eigenvalue weighted by atomic mass is 16.4. The number of carbonyl (C=O) groups is 2. The quantitative estimate of drug-likeness (QED) is 0.501. The molecular formula is C13H13N3O5. The summed E-state index contributed by atoms with van der Waals surface area (Å²) >= 11 is 0. The van der Waals surface area contributed by atoms with Crippen LogP contribution < -0.4 is 5.32 Å². The van der Waals surface area contributed by atoms with E-state index < -0.39 is 17.9 Å². The second kappa shape index (κ2) is 5.95. The Hall–Kier alpha value is -3.03. The molecule has 1 aromatic heterocycles. The molecule has 0 aliphatic rings. The molecule has 2 rings (SSSR count). The van der Waals surface area contributed by atoms with Crippen molar-refractivity contribution in [2.24, 2.45) is 0 Å². The molecule has 0 aliphatic carbocycles. The molecule has 5 N–H and O–H groups in total. The summed E-state index contributed by atoms with van der Waals surface area (Å²) in [5, 5.41) is 36.2. The van der Waals surface area contributed by atoms with E-state index in [4.69, 9.17) is 5.11 Å². The highest BCUT2D eigenvalue weighted by Gasteiger charge is 2.22. The number of rotatable bonds is 5. The summed E-state index contributed by atoms with van der Waals surface area (Å²) in [7, 11) is 0. The van der Waals surface area contributed by atoms with E-state index in [1.54, 1.807) is 0 Å². The molecule has 8 heteroatoms. The zero-order valence-corrected chi connectivity index (χ0v) is 10.8. The predicted molar refractivity (Wildman–Crippen MR) is 71.0 cm³/mol. The van der Waals surface area contributed by atoms with E-state index in [0.717, 1.165) is 0 Å². The summed E-state index contributed by atoms with van der Waals surface area (Å²) in [6.07, 6.45) is 2.59. The molecule has 21 heavy (non-hydrogen) atoms. The number of carboxylic acids is 1. The fourth-order valence-corrected chi connectivity index (χ4v) is 1.75. The number of hydrogen-bond donors (Lipinski definition) is 5. The number of nitrogens with zero attached hydrogens (tertiary/aromatic N) is 1. The first-order valence-electron chi connectivity index (χ1n) is 6.00. The Labute approximate surface area is 119 Å². The van der Waals surface area contributed by atoms with Crippen molar-refractivity contribution in [3.8, 4) is 11.5 Å². The van der Waals surface area contributed by atoms with Gasteiger partial charge in [-0.1, -0.05) is 6.07 Å². The maximum Gasteiger partial charge on any atom is 0.326 e. The zero-order chi connectivity index (χ0) is 15.4. The van der Waals surface area contributed by atoms with Crippen molar-refractivity contribution in [1.82, 2.24) is 15.5 Å². The van der Waals surface area contributed by atoms with Crippen LogP contribution in [0.25, 0.3) is 0 Å². The van der Waals surface area contributed by atoms with Gasteiger partial charge < -0.3 is 20.6 Å². The number of benzene rings is 1. The smallest absolute Gasteiger partial charge is 0.326 e. The average Bonchev–Trinajstić information content (AvgIpc) is 2.96. The SMILES string of the molecule is O=C(N[C@@H](Cc1ccc(O)c(O)c1)C(=O)O)c1cn[nH]c1. The van der Waals surface area contributed by atoms with Gasteiger partial charge in [0, 0.05) is 12.6 Å². The van der Waals surface area contributed by atoms with Crippen molar-refractivity contribution >= 4 is 11.9 Å². The van der Waals surface area contributed by atoms with E-state index >= 15 is 0 Å². The molecule has 0 aliphatic heterocycles. The molecule has 1 atom stereocenters. The van der Waals surface area contributed by atoms with Crippen LogP contribution >= 0.6 is 0 Å². The lowest BCUT2D eigenvalue weighted by Gasteiger charge is -2.14. The van der Waals surface area contributed by atoms with Gasteiger partial charge >= 0.3 is 5.97 Å². The largest absolute Gasteiger partial charge is 0.504 e. The van der Waals surface area contributed by atoms with E-state index in [1.165, 1.54) is 30.6 Å². The van der Waals surface area contributed by atoms with Crippen LogP contribution in [0.1, 0.15) is 15.9 Å². The van der Waals surface area contributed by atoms with Gasteiger partial charge in [-0.2, -0.15) is 5.10 Å². The molecule has 1 heterocycles. The number of amides is 1. The third kappa shape index (κ3) is 3.50. The standard InChI is InChI=1S/C13H13N3O5/c17-10-2-1-7(4-11(10)18)3-9(13(20)21)16-12(19)8-5-14-15-6-8/h1-2,4-6,9,17-18H,3H2,(H,14,15)(H,16,19)(H,20,21)/t9-/m0/s1. The summed E-state index contributed by atoms with van der Waals surface area (Å²) < 4.78 is 0. The van der Waals surface area contributed by atoms with Crippen LogP contribution in [0.4, 0.5) is 0 Å². The van der Waals surface area contributed by atoms with Gasteiger partial charge in [-0.15, -0.1) is 0 Å². The van der Waals surface area contributed by atoms with Crippen LogP contribution in [0.3, 0.4) is 0 Å². The van der Waals surface area contributed by atoms with E-state index in [-0.39, 0.29) is 23.5 Å². The fourth-order valence-electron chi connectivity index (χ4n) is 1.75. The van der Waals surface area contributed by atoms with E-state index in [0.29, 0.717) is 5.56 Å². The summed E-state index contributed by atoms with van der Waals surface area (Å²) in [4.78, 5) is 23.0. The van der Waals surface area contributed by atoms with Gasteiger partial charge in [0.2, 0.25) is 0 Å². The number of H-pyrrole nitrogens is 1. The third-order valence-electron chi connectivity index (χ3n) is 2.84.